The van der Waals surface area contributed by atoms with Crippen molar-refractivity contribution in [3.05, 3.63) is 35.9 Å². The van der Waals surface area contributed by atoms with Crippen molar-refractivity contribution in [1.82, 2.24) is 10.3 Å². The van der Waals surface area contributed by atoms with Crippen LogP contribution in [-0.4, -0.2) is 37.6 Å². The minimum atomic E-state index is -0.415. The smallest absolute Gasteiger partial charge is 0.255 e. The van der Waals surface area contributed by atoms with Crippen molar-refractivity contribution in [2.24, 2.45) is 5.84 Å². The monoisotopic (exact) mass is 251 g/mol. The molecule has 0 radical (unpaired) electrons. The van der Waals surface area contributed by atoms with E-state index in [-0.39, 0.29) is 11.9 Å². The number of nitrogens with two attached hydrogens (primary N) is 1. The van der Waals surface area contributed by atoms with Crippen LogP contribution in [0.2, 0.25) is 0 Å². The second-order valence-electron chi connectivity index (χ2n) is 4.29. The minimum absolute atomic E-state index is 0.109. The molecular formula is C13H21N3O2. The normalized spacial score (nSPS) is 14.3. The lowest BCUT2D eigenvalue weighted by Crippen LogP contribution is -2.46. The van der Waals surface area contributed by atoms with Gasteiger partial charge in [-0.3, -0.25) is 15.1 Å². The lowest BCUT2D eigenvalue weighted by atomic mass is 10.0. The van der Waals surface area contributed by atoms with E-state index >= 15 is 0 Å². The lowest BCUT2D eigenvalue weighted by molar-refractivity contribution is -0.127. The molecule has 5 heteroatoms. The van der Waals surface area contributed by atoms with E-state index in [0.29, 0.717) is 6.61 Å². The Morgan fingerprint density at radius 3 is 2.56 bits per heavy atom. The fourth-order valence-corrected chi connectivity index (χ4v) is 1.90. The molecule has 0 saturated heterocycles. The summed E-state index contributed by atoms with van der Waals surface area (Å²) >= 11 is 0. The standard InChI is InChI=1S/C13H21N3O2/c1-10(9-18-3)16(2)12(13(17)15-14)11-7-5-4-6-8-11/h4-8,10,12H,9,14H2,1-3H3,(H,15,17). The number of likely N-dealkylation sites (N-methyl/N-ethyl adjacent to an activating group) is 1. The number of ether oxygens (including phenoxy) is 1. The zero-order valence-corrected chi connectivity index (χ0v) is 11.1. The first kappa shape index (κ1) is 14.6. The first-order chi connectivity index (χ1) is 8.61. The number of hydrogen-bond donors (Lipinski definition) is 2. The third kappa shape index (κ3) is 3.53. The number of nitrogens with zero attached hydrogens (tertiary/aromatic N) is 1. The van der Waals surface area contributed by atoms with Crippen molar-refractivity contribution < 1.29 is 9.53 Å². The highest BCUT2D eigenvalue weighted by Gasteiger charge is 2.27. The van der Waals surface area contributed by atoms with Crippen molar-refractivity contribution >= 4 is 5.91 Å². The van der Waals surface area contributed by atoms with Gasteiger partial charge in [0.05, 0.1) is 6.61 Å². The number of methoxy groups -OCH3 is 1. The average molecular weight is 251 g/mol. The number of nitrogens with one attached hydrogen (secondary N) is 1. The van der Waals surface area contributed by atoms with Gasteiger partial charge in [0.2, 0.25) is 0 Å². The van der Waals surface area contributed by atoms with Crippen LogP contribution in [0.5, 0.6) is 0 Å². The average Bonchev–Trinajstić information content (AvgIpc) is 2.40. The molecule has 5 nitrogen and oxygen atoms in total. The van der Waals surface area contributed by atoms with E-state index in [1.807, 2.05) is 49.2 Å². The van der Waals surface area contributed by atoms with Gasteiger partial charge < -0.3 is 4.74 Å². The maximum Gasteiger partial charge on any atom is 0.255 e. The first-order valence-corrected chi connectivity index (χ1v) is 5.88. The van der Waals surface area contributed by atoms with Gasteiger partial charge >= 0.3 is 0 Å². The molecule has 0 spiro atoms. The highest BCUT2D eigenvalue weighted by atomic mass is 16.5. The quantitative estimate of drug-likeness (QED) is 0.443. The highest BCUT2D eigenvalue weighted by molar-refractivity contribution is 5.82. The molecule has 0 fully saturated rings. The van der Waals surface area contributed by atoms with Gasteiger partial charge in [-0.2, -0.15) is 0 Å². The van der Waals surface area contributed by atoms with Crippen LogP contribution in [0.4, 0.5) is 0 Å². The van der Waals surface area contributed by atoms with Gasteiger partial charge in [-0.1, -0.05) is 30.3 Å². The van der Waals surface area contributed by atoms with E-state index in [2.05, 4.69) is 5.43 Å². The maximum absolute atomic E-state index is 11.9. The molecule has 1 aromatic carbocycles. The summed E-state index contributed by atoms with van der Waals surface area (Å²) in [7, 11) is 3.53. The van der Waals surface area contributed by atoms with Gasteiger partial charge in [0.1, 0.15) is 6.04 Å². The van der Waals surface area contributed by atoms with E-state index in [0.717, 1.165) is 5.56 Å². The summed E-state index contributed by atoms with van der Waals surface area (Å²) in [5.41, 5.74) is 3.13. The molecule has 1 aromatic rings. The summed E-state index contributed by atoms with van der Waals surface area (Å²) in [5.74, 6) is 5.03. The molecule has 0 bridgehead atoms. The molecular weight excluding hydrogens is 230 g/mol. The van der Waals surface area contributed by atoms with E-state index in [4.69, 9.17) is 10.6 Å². The third-order valence-electron chi connectivity index (χ3n) is 3.02. The Kier molecular flexibility index (Phi) is 5.77. The molecule has 0 aliphatic rings. The second-order valence-corrected chi connectivity index (χ2v) is 4.29. The van der Waals surface area contributed by atoms with E-state index in [1.165, 1.54) is 0 Å². The fourth-order valence-electron chi connectivity index (χ4n) is 1.90. The van der Waals surface area contributed by atoms with Crippen LogP contribution in [-0.2, 0) is 9.53 Å². The van der Waals surface area contributed by atoms with Gasteiger partial charge in [-0.15, -0.1) is 0 Å². The van der Waals surface area contributed by atoms with Crippen LogP contribution < -0.4 is 11.3 Å². The van der Waals surface area contributed by atoms with E-state index < -0.39 is 6.04 Å². The van der Waals surface area contributed by atoms with Crippen LogP contribution in [0.15, 0.2) is 30.3 Å². The zero-order chi connectivity index (χ0) is 13.5. The third-order valence-corrected chi connectivity index (χ3v) is 3.02. The Morgan fingerprint density at radius 1 is 1.44 bits per heavy atom. The molecule has 1 amide bonds. The maximum atomic E-state index is 11.9. The first-order valence-electron chi connectivity index (χ1n) is 5.88. The molecule has 100 valence electrons. The molecule has 0 aromatic heterocycles. The highest BCUT2D eigenvalue weighted by Crippen LogP contribution is 2.21. The van der Waals surface area contributed by atoms with Crippen molar-refractivity contribution in [3.63, 3.8) is 0 Å². The number of carbonyl (C=O) groups is 1. The largest absolute Gasteiger partial charge is 0.383 e. The summed E-state index contributed by atoms with van der Waals surface area (Å²) in [4.78, 5) is 13.9. The van der Waals surface area contributed by atoms with Crippen LogP contribution in [0.1, 0.15) is 18.5 Å². The Bertz CT molecular complexity index is 370. The van der Waals surface area contributed by atoms with Gasteiger partial charge in [-0.05, 0) is 19.5 Å². The second kappa shape index (κ2) is 7.10. The number of rotatable bonds is 6. The minimum Gasteiger partial charge on any atom is -0.383 e. The SMILES string of the molecule is COCC(C)N(C)C(C(=O)NN)c1ccccc1. The van der Waals surface area contributed by atoms with E-state index in [1.54, 1.807) is 7.11 Å². The zero-order valence-electron chi connectivity index (χ0n) is 11.1. The molecule has 3 N–H and O–H groups in total. The summed E-state index contributed by atoms with van der Waals surface area (Å²) in [6.07, 6.45) is 0. The van der Waals surface area contributed by atoms with E-state index in [9.17, 15) is 4.79 Å². The predicted octanol–water partition coefficient (Wildman–Crippen LogP) is 0.684. The predicted molar refractivity (Wildman–Crippen MR) is 70.6 cm³/mol. The lowest BCUT2D eigenvalue weighted by Gasteiger charge is -2.31. The topological polar surface area (TPSA) is 67.6 Å². The van der Waals surface area contributed by atoms with Crippen LogP contribution in [0.3, 0.4) is 0 Å². The summed E-state index contributed by atoms with van der Waals surface area (Å²) in [6.45, 7) is 2.56. The van der Waals surface area contributed by atoms with Crippen molar-refractivity contribution in [2.75, 3.05) is 20.8 Å². The summed E-state index contributed by atoms with van der Waals surface area (Å²) in [6, 6.07) is 9.24. The van der Waals surface area contributed by atoms with Crippen molar-refractivity contribution in [2.45, 2.75) is 19.0 Å². The van der Waals surface area contributed by atoms with Gasteiger partial charge in [-0.25, -0.2) is 5.84 Å². The number of hydrogen-bond acceptors (Lipinski definition) is 4. The molecule has 0 saturated carbocycles. The summed E-state index contributed by atoms with van der Waals surface area (Å²) in [5, 5.41) is 0. The number of carbonyl (C=O) groups excluding carboxylic acids is 1. The Hall–Kier alpha value is -1.43. The summed E-state index contributed by atoms with van der Waals surface area (Å²) < 4.78 is 5.12. The number of benzene rings is 1. The van der Waals surface area contributed by atoms with Crippen LogP contribution >= 0.6 is 0 Å². The fraction of sp³-hybridized carbons (Fsp3) is 0.462. The molecule has 0 aliphatic carbocycles. The van der Waals surface area contributed by atoms with Crippen LogP contribution in [0, 0.1) is 0 Å². The molecule has 0 heterocycles. The Balaban J connectivity index is 2.95. The Morgan fingerprint density at radius 2 is 2.06 bits per heavy atom. The van der Waals surface area contributed by atoms with Gasteiger partial charge in [0, 0.05) is 13.2 Å². The molecule has 18 heavy (non-hydrogen) atoms. The molecule has 0 aliphatic heterocycles. The molecule has 2 atom stereocenters. The Labute approximate surface area is 108 Å². The molecule has 2 unspecified atom stereocenters. The molecule has 1 rings (SSSR count). The number of hydrazine groups is 1. The van der Waals surface area contributed by atoms with Gasteiger partial charge in [0.25, 0.3) is 5.91 Å². The van der Waals surface area contributed by atoms with Gasteiger partial charge in [0.15, 0.2) is 0 Å². The van der Waals surface area contributed by atoms with Crippen molar-refractivity contribution in [3.8, 4) is 0 Å². The van der Waals surface area contributed by atoms with Crippen LogP contribution in [0.25, 0.3) is 0 Å². The van der Waals surface area contributed by atoms with Crippen molar-refractivity contribution in [1.29, 1.82) is 0 Å². The number of amides is 1.